The predicted molar refractivity (Wildman–Crippen MR) is 124 cm³/mol. The van der Waals surface area contributed by atoms with Gasteiger partial charge in [-0.1, -0.05) is 17.7 Å². The lowest BCUT2D eigenvalue weighted by atomic mass is 10.0. The number of aromatic nitrogens is 5. The first kappa shape index (κ1) is 20.1. The van der Waals surface area contributed by atoms with Crippen molar-refractivity contribution in [3.05, 3.63) is 94.2 Å². The Morgan fingerprint density at radius 3 is 2.88 bits per heavy atom. The van der Waals surface area contributed by atoms with Crippen LogP contribution in [0.4, 0.5) is 0 Å². The summed E-state index contributed by atoms with van der Waals surface area (Å²) < 4.78 is 0. The summed E-state index contributed by atoms with van der Waals surface area (Å²) in [5, 5.41) is 13.6. The topological polar surface area (TPSA) is 96.5 Å². The van der Waals surface area contributed by atoms with Crippen LogP contribution in [0.25, 0.3) is 21.9 Å². The number of pyridine rings is 2. The van der Waals surface area contributed by atoms with E-state index < -0.39 is 0 Å². The number of benzene rings is 1. The van der Waals surface area contributed by atoms with Crippen LogP contribution in [0.1, 0.15) is 32.7 Å². The first-order chi connectivity index (χ1) is 15.5. The molecule has 0 bridgehead atoms. The lowest BCUT2D eigenvalue weighted by molar-refractivity contribution is 0.0950. The highest BCUT2D eigenvalue weighted by molar-refractivity contribution is 6.35. The van der Waals surface area contributed by atoms with Gasteiger partial charge >= 0.3 is 0 Å². The van der Waals surface area contributed by atoms with Crippen LogP contribution in [0.3, 0.4) is 0 Å². The number of aromatic amines is 1. The van der Waals surface area contributed by atoms with Gasteiger partial charge in [0.1, 0.15) is 5.65 Å². The number of carbonyl (C=O) groups is 1. The molecule has 2 N–H and O–H groups in total. The summed E-state index contributed by atoms with van der Waals surface area (Å²) in [6.45, 7) is 2.35. The van der Waals surface area contributed by atoms with Gasteiger partial charge in [0.15, 0.2) is 0 Å². The zero-order valence-corrected chi connectivity index (χ0v) is 18.0. The van der Waals surface area contributed by atoms with Crippen molar-refractivity contribution in [2.45, 2.75) is 19.9 Å². The van der Waals surface area contributed by atoms with Crippen molar-refractivity contribution in [2.24, 2.45) is 0 Å². The maximum absolute atomic E-state index is 12.7. The van der Waals surface area contributed by atoms with Gasteiger partial charge in [-0.2, -0.15) is 10.2 Å². The molecule has 7 nitrogen and oxygen atoms in total. The molecule has 4 aromatic heterocycles. The second-order valence-corrected chi connectivity index (χ2v) is 8.12. The number of aryl methyl sites for hydroxylation is 1. The van der Waals surface area contributed by atoms with Gasteiger partial charge in [-0.05, 0) is 53.9 Å². The maximum Gasteiger partial charge on any atom is 0.253 e. The number of amides is 1. The van der Waals surface area contributed by atoms with Gasteiger partial charge in [-0.15, -0.1) is 0 Å². The Hall–Kier alpha value is -3.84. The fraction of sp³-hybridized carbons (Fsp3) is 0.125. The molecule has 0 aliphatic heterocycles. The molecule has 8 heteroatoms. The fourth-order valence-electron chi connectivity index (χ4n) is 3.63. The van der Waals surface area contributed by atoms with E-state index in [1.807, 2.05) is 31.3 Å². The summed E-state index contributed by atoms with van der Waals surface area (Å²) in [5.74, 6) is -0.222. The molecular weight excluding hydrogens is 424 g/mol. The molecule has 0 spiro atoms. The van der Waals surface area contributed by atoms with E-state index in [4.69, 9.17) is 11.6 Å². The average Bonchev–Trinajstić information content (AvgIpc) is 3.17. The number of H-pyrrole nitrogens is 1. The van der Waals surface area contributed by atoms with E-state index in [1.165, 1.54) is 6.20 Å². The van der Waals surface area contributed by atoms with Gasteiger partial charge in [0.05, 0.1) is 28.0 Å². The molecule has 4 heterocycles. The molecular formula is C24H19ClN6O. The quantitative estimate of drug-likeness (QED) is 0.421. The molecule has 158 valence electrons. The van der Waals surface area contributed by atoms with E-state index in [-0.39, 0.29) is 5.91 Å². The van der Waals surface area contributed by atoms with E-state index in [0.717, 1.165) is 38.7 Å². The van der Waals surface area contributed by atoms with E-state index in [1.54, 1.807) is 18.5 Å². The van der Waals surface area contributed by atoms with Crippen molar-refractivity contribution in [1.29, 1.82) is 0 Å². The number of nitrogens with one attached hydrogen (secondary N) is 2. The molecule has 5 aromatic rings. The van der Waals surface area contributed by atoms with Crippen molar-refractivity contribution < 1.29 is 4.79 Å². The van der Waals surface area contributed by atoms with E-state index in [0.29, 0.717) is 29.2 Å². The molecule has 32 heavy (non-hydrogen) atoms. The summed E-state index contributed by atoms with van der Waals surface area (Å²) in [5.41, 5.74) is 5.90. The number of rotatable bonds is 5. The van der Waals surface area contributed by atoms with Crippen LogP contribution in [-0.4, -0.2) is 31.1 Å². The Bertz CT molecular complexity index is 1460. The van der Waals surface area contributed by atoms with Crippen molar-refractivity contribution in [1.82, 2.24) is 30.5 Å². The van der Waals surface area contributed by atoms with Gasteiger partial charge in [0.2, 0.25) is 0 Å². The third kappa shape index (κ3) is 4.15. The number of hydrogen-bond acceptors (Lipinski definition) is 5. The molecule has 0 saturated heterocycles. The van der Waals surface area contributed by atoms with Crippen molar-refractivity contribution in [3.8, 4) is 0 Å². The minimum Gasteiger partial charge on any atom is -0.348 e. The minimum absolute atomic E-state index is 0.222. The summed E-state index contributed by atoms with van der Waals surface area (Å²) in [6.07, 6.45) is 7.30. The van der Waals surface area contributed by atoms with Crippen LogP contribution < -0.4 is 5.32 Å². The number of hydrogen-bond donors (Lipinski definition) is 2. The SMILES string of the molecule is Cc1cnc2ccc(Cc3cc(C(=O)NCc4cnc5[nH]cc(Cl)c5c4)cnn3)cc2c1. The predicted octanol–water partition coefficient (Wildman–Crippen LogP) is 4.38. The first-order valence-electron chi connectivity index (χ1n) is 10.1. The van der Waals surface area contributed by atoms with Crippen LogP contribution in [-0.2, 0) is 13.0 Å². The molecule has 1 aromatic carbocycles. The molecule has 0 radical (unpaired) electrons. The number of nitrogens with zero attached hydrogens (tertiary/aromatic N) is 4. The molecule has 0 aliphatic carbocycles. The smallest absolute Gasteiger partial charge is 0.253 e. The van der Waals surface area contributed by atoms with Gasteiger partial charge in [-0.3, -0.25) is 9.78 Å². The highest BCUT2D eigenvalue weighted by Crippen LogP contribution is 2.22. The van der Waals surface area contributed by atoms with Gasteiger partial charge < -0.3 is 10.3 Å². The van der Waals surface area contributed by atoms with Crippen LogP contribution in [0.5, 0.6) is 0 Å². The van der Waals surface area contributed by atoms with Crippen LogP contribution >= 0.6 is 11.6 Å². The van der Waals surface area contributed by atoms with Gasteiger partial charge in [0.25, 0.3) is 5.91 Å². The third-order valence-corrected chi connectivity index (χ3v) is 5.54. The highest BCUT2D eigenvalue weighted by atomic mass is 35.5. The molecule has 0 unspecified atom stereocenters. The molecule has 5 rings (SSSR count). The number of fused-ring (bicyclic) bond motifs is 2. The number of carbonyl (C=O) groups excluding carboxylic acids is 1. The number of halogens is 1. The molecule has 0 saturated carbocycles. The van der Waals surface area contributed by atoms with E-state index in [2.05, 4.69) is 42.6 Å². The Labute approximate surface area is 188 Å². The van der Waals surface area contributed by atoms with Crippen molar-refractivity contribution in [2.75, 3.05) is 0 Å². The van der Waals surface area contributed by atoms with Gasteiger partial charge in [0, 0.05) is 42.3 Å². The molecule has 0 atom stereocenters. The maximum atomic E-state index is 12.7. The Kier molecular flexibility index (Phi) is 5.25. The summed E-state index contributed by atoms with van der Waals surface area (Å²) in [4.78, 5) is 24.4. The van der Waals surface area contributed by atoms with Crippen molar-refractivity contribution in [3.63, 3.8) is 0 Å². The van der Waals surface area contributed by atoms with Crippen LogP contribution in [0.15, 0.2) is 61.2 Å². The lowest BCUT2D eigenvalue weighted by Gasteiger charge is -2.07. The van der Waals surface area contributed by atoms with E-state index >= 15 is 0 Å². The zero-order valence-electron chi connectivity index (χ0n) is 17.3. The zero-order chi connectivity index (χ0) is 22.1. The second-order valence-electron chi connectivity index (χ2n) is 7.71. The third-order valence-electron chi connectivity index (χ3n) is 5.23. The normalized spacial score (nSPS) is 11.2. The molecule has 0 aliphatic rings. The van der Waals surface area contributed by atoms with Crippen LogP contribution in [0.2, 0.25) is 5.02 Å². The Balaban J connectivity index is 1.29. The summed E-state index contributed by atoms with van der Waals surface area (Å²) >= 11 is 6.15. The summed E-state index contributed by atoms with van der Waals surface area (Å²) in [7, 11) is 0. The highest BCUT2D eigenvalue weighted by Gasteiger charge is 2.10. The summed E-state index contributed by atoms with van der Waals surface area (Å²) in [6, 6.07) is 11.9. The monoisotopic (exact) mass is 442 g/mol. The minimum atomic E-state index is -0.222. The second kappa shape index (κ2) is 8.36. The lowest BCUT2D eigenvalue weighted by Crippen LogP contribution is -2.23. The largest absolute Gasteiger partial charge is 0.348 e. The van der Waals surface area contributed by atoms with E-state index in [9.17, 15) is 4.79 Å². The molecule has 0 fully saturated rings. The average molecular weight is 443 g/mol. The standard InChI is InChI=1S/C24H19ClN6O/c1-14-4-17-5-15(2-3-22(17)26-9-14)6-19-8-18(12-30-31-19)24(32)29-11-16-7-20-21(25)13-28-23(20)27-10-16/h2-5,7-10,12-13H,6,11H2,1H3,(H,27,28)(H,29,32). The van der Waals surface area contributed by atoms with Gasteiger partial charge in [-0.25, -0.2) is 4.98 Å². The van der Waals surface area contributed by atoms with Crippen molar-refractivity contribution >= 4 is 39.4 Å². The Morgan fingerprint density at radius 1 is 1.06 bits per heavy atom. The molecule has 1 amide bonds. The first-order valence-corrected chi connectivity index (χ1v) is 10.5. The Morgan fingerprint density at radius 2 is 1.97 bits per heavy atom. The fourth-order valence-corrected chi connectivity index (χ4v) is 3.83. The van der Waals surface area contributed by atoms with Crippen LogP contribution in [0, 0.1) is 6.92 Å².